The number of hydrogen-bond donors (Lipinski definition) is 1. The summed E-state index contributed by atoms with van der Waals surface area (Å²) in [7, 11) is 3.77. The molecule has 24 heavy (non-hydrogen) atoms. The van der Waals surface area contributed by atoms with Crippen molar-refractivity contribution in [3.63, 3.8) is 0 Å². The molecule has 5 rings (SSSR count). The second-order valence-corrected chi connectivity index (χ2v) is 8.11. The third-order valence-corrected chi connectivity index (χ3v) is 7.24. The standard InChI is InChI=1S/C20H27NO3/c1-21(20(13-14-20)17(22)23)16-5-3-15(4-6-16)18-7-10-19(24-2,11-8-18)12-9-18/h3-6H,7-14H2,1-2H3,(H,22,23). The van der Waals surface area contributed by atoms with Crippen LogP contribution in [0.3, 0.4) is 0 Å². The summed E-state index contributed by atoms with van der Waals surface area (Å²) in [4.78, 5) is 13.5. The third kappa shape index (κ3) is 2.19. The molecule has 0 saturated heterocycles. The third-order valence-electron chi connectivity index (χ3n) is 7.24. The largest absolute Gasteiger partial charge is 0.479 e. The maximum absolute atomic E-state index is 11.5. The molecule has 4 fully saturated rings. The second-order valence-electron chi connectivity index (χ2n) is 8.11. The number of benzene rings is 1. The molecule has 130 valence electrons. The molecule has 0 heterocycles. The summed E-state index contributed by atoms with van der Waals surface area (Å²) in [6.45, 7) is 0. The topological polar surface area (TPSA) is 49.8 Å². The summed E-state index contributed by atoms with van der Waals surface area (Å²) < 4.78 is 5.80. The number of methoxy groups -OCH3 is 1. The van der Waals surface area contributed by atoms with Crippen LogP contribution >= 0.6 is 0 Å². The molecule has 2 bridgehead atoms. The molecule has 1 N–H and O–H groups in total. The first-order chi connectivity index (χ1) is 11.5. The van der Waals surface area contributed by atoms with Crippen molar-refractivity contribution in [2.45, 2.75) is 67.9 Å². The Morgan fingerprint density at radius 1 is 1.00 bits per heavy atom. The average Bonchev–Trinajstić information content (AvgIpc) is 3.45. The van der Waals surface area contributed by atoms with Crippen molar-refractivity contribution in [2.24, 2.45) is 0 Å². The van der Waals surface area contributed by atoms with Crippen LogP contribution in [0.1, 0.15) is 56.9 Å². The van der Waals surface area contributed by atoms with Crippen LogP contribution in [0.4, 0.5) is 5.69 Å². The Morgan fingerprint density at radius 3 is 1.96 bits per heavy atom. The van der Waals surface area contributed by atoms with Gasteiger partial charge in [0.1, 0.15) is 5.54 Å². The van der Waals surface area contributed by atoms with Gasteiger partial charge in [-0.3, -0.25) is 0 Å². The number of anilines is 1. The van der Waals surface area contributed by atoms with E-state index in [2.05, 4.69) is 24.3 Å². The van der Waals surface area contributed by atoms with Crippen molar-refractivity contribution in [1.82, 2.24) is 0 Å². The fourth-order valence-corrected chi connectivity index (χ4v) is 4.99. The summed E-state index contributed by atoms with van der Waals surface area (Å²) in [6, 6.07) is 8.68. The first kappa shape index (κ1) is 15.9. The zero-order valence-electron chi connectivity index (χ0n) is 14.7. The number of carboxylic acids is 1. The molecule has 4 nitrogen and oxygen atoms in total. The maximum Gasteiger partial charge on any atom is 0.329 e. The van der Waals surface area contributed by atoms with E-state index in [1.165, 1.54) is 24.8 Å². The lowest BCUT2D eigenvalue weighted by atomic mass is 9.56. The summed E-state index contributed by atoms with van der Waals surface area (Å²) in [6.07, 6.45) is 8.57. The number of likely N-dealkylation sites (N-methyl/N-ethyl adjacent to an activating group) is 1. The van der Waals surface area contributed by atoms with Gasteiger partial charge in [0.15, 0.2) is 0 Å². The van der Waals surface area contributed by atoms with Crippen molar-refractivity contribution in [2.75, 3.05) is 19.1 Å². The Labute approximate surface area is 143 Å². The first-order valence-electron chi connectivity index (χ1n) is 9.08. The van der Waals surface area contributed by atoms with E-state index >= 15 is 0 Å². The van der Waals surface area contributed by atoms with Crippen molar-refractivity contribution in [1.29, 1.82) is 0 Å². The Morgan fingerprint density at radius 2 is 1.54 bits per heavy atom. The van der Waals surface area contributed by atoms with Gasteiger partial charge < -0.3 is 14.7 Å². The summed E-state index contributed by atoms with van der Waals surface area (Å²) in [5.41, 5.74) is 2.20. The summed E-state index contributed by atoms with van der Waals surface area (Å²) in [5, 5.41) is 9.47. The normalized spacial score (nSPS) is 33.2. The summed E-state index contributed by atoms with van der Waals surface area (Å²) in [5.74, 6) is -0.705. The fourth-order valence-electron chi connectivity index (χ4n) is 4.99. The van der Waals surface area contributed by atoms with Gasteiger partial charge in [-0.05, 0) is 74.5 Å². The lowest BCUT2D eigenvalue weighted by Crippen LogP contribution is -2.49. The highest BCUT2D eigenvalue weighted by Crippen LogP contribution is 2.55. The predicted octanol–water partition coefficient (Wildman–Crippen LogP) is 3.73. The fraction of sp³-hybridized carbons (Fsp3) is 0.650. The van der Waals surface area contributed by atoms with E-state index < -0.39 is 11.5 Å². The molecule has 0 unspecified atom stereocenters. The van der Waals surface area contributed by atoms with Crippen LogP contribution < -0.4 is 4.90 Å². The Kier molecular flexibility index (Phi) is 3.47. The molecule has 0 atom stereocenters. The smallest absolute Gasteiger partial charge is 0.329 e. The number of fused-ring (bicyclic) bond motifs is 3. The minimum Gasteiger partial charge on any atom is -0.479 e. The van der Waals surface area contributed by atoms with Gasteiger partial charge in [0.05, 0.1) is 5.60 Å². The summed E-state index contributed by atoms with van der Waals surface area (Å²) >= 11 is 0. The number of nitrogens with zero attached hydrogens (tertiary/aromatic N) is 1. The van der Waals surface area contributed by atoms with Crippen LogP contribution in [0.15, 0.2) is 24.3 Å². The van der Waals surface area contributed by atoms with E-state index in [0.29, 0.717) is 5.41 Å². The van der Waals surface area contributed by atoms with E-state index in [1.807, 2.05) is 19.1 Å². The number of carboxylic acid groups (broad SMARTS) is 1. The van der Waals surface area contributed by atoms with Crippen molar-refractivity contribution >= 4 is 11.7 Å². The minimum atomic E-state index is -0.705. The quantitative estimate of drug-likeness (QED) is 0.894. The number of rotatable bonds is 5. The molecule has 4 aliphatic carbocycles. The zero-order valence-corrected chi connectivity index (χ0v) is 14.7. The Bertz CT molecular complexity index is 623. The van der Waals surface area contributed by atoms with Gasteiger partial charge in [-0.2, -0.15) is 0 Å². The highest BCUT2D eigenvalue weighted by atomic mass is 16.5. The number of ether oxygens (including phenoxy) is 1. The van der Waals surface area contributed by atoms with Gasteiger partial charge in [0.25, 0.3) is 0 Å². The molecule has 1 aromatic carbocycles. The van der Waals surface area contributed by atoms with E-state index in [-0.39, 0.29) is 5.60 Å². The molecule has 0 radical (unpaired) electrons. The van der Waals surface area contributed by atoms with Crippen molar-refractivity contribution < 1.29 is 14.6 Å². The van der Waals surface area contributed by atoms with Gasteiger partial charge in [0, 0.05) is 19.8 Å². The maximum atomic E-state index is 11.5. The molecular weight excluding hydrogens is 302 g/mol. The van der Waals surface area contributed by atoms with Gasteiger partial charge in [-0.25, -0.2) is 4.79 Å². The Balaban J connectivity index is 1.54. The van der Waals surface area contributed by atoms with Crippen LogP contribution in [-0.4, -0.2) is 36.4 Å². The SMILES string of the molecule is COC12CCC(c3ccc(N(C)C4(C(=O)O)CC4)cc3)(CC1)CC2. The molecular formula is C20H27NO3. The zero-order chi connectivity index (χ0) is 17.0. The van der Waals surface area contributed by atoms with Crippen molar-refractivity contribution in [3.8, 4) is 0 Å². The molecule has 0 spiro atoms. The first-order valence-corrected chi connectivity index (χ1v) is 9.08. The van der Waals surface area contributed by atoms with Gasteiger partial charge in [-0.15, -0.1) is 0 Å². The van der Waals surface area contributed by atoms with Crippen LogP contribution in [0.5, 0.6) is 0 Å². The number of carbonyl (C=O) groups is 1. The van der Waals surface area contributed by atoms with E-state index in [0.717, 1.165) is 37.8 Å². The van der Waals surface area contributed by atoms with Crippen LogP contribution in [-0.2, 0) is 14.9 Å². The van der Waals surface area contributed by atoms with Crippen LogP contribution in [0, 0.1) is 0 Å². The van der Waals surface area contributed by atoms with Crippen molar-refractivity contribution in [3.05, 3.63) is 29.8 Å². The Hall–Kier alpha value is -1.55. The lowest BCUT2D eigenvalue weighted by Gasteiger charge is -2.53. The van der Waals surface area contributed by atoms with E-state index in [4.69, 9.17) is 4.74 Å². The van der Waals surface area contributed by atoms with E-state index in [1.54, 1.807) is 0 Å². The lowest BCUT2D eigenvalue weighted by molar-refractivity contribution is -0.139. The van der Waals surface area contributed by atoms with Gasteiger partial charge >= 0.3 is 5.97 Å². The number of hydrogen-bond acceptors (Lipinski definition) is 3. The molecule has 4 heteroatoms. The average molecular weight is 329 g/mol. The molecule has 1 aromatic rings. The van der Waals surface area contributed by atoms with Gasteiger partial charge in [0.2, 0.25) is 0 Å². The van der Waals surface area contributed by atoms with E-state index in [9.17, 15) is 9.90 Å². The van der Waals surface area contributed by atoms with Gasteiger partial charge in [-0.1, -0.05) is 12.1 Å². The highest BCUT2D eigenvalue weighted by Gasteiger charge is 2.54. The second kappa shape index (κ2) is 5.22. The highest BCUT2D eigenvalue weighted by molar-refractivity contribution is 5.87. The number of aliphatic carboxylic acids is 1. The molecule has 4 aliphatic rings. The molecule has 4 saturated carbocycles. The van der Waals surface area contributed by atoms with Crippen LogP contribution in [0.2, 0.25) is 0 Å². The predicted molar refractivity (Wildman–Crippen MR) is 93.6 cm³/mol. The molecule has 0 amide bonds. The minimum absolute atomic E-state index is 0.141. The monoisotopic (exact) mass is 329 g/mol. The van der Waals surface area contributed by atoms with Crippen LogP contribution in [0.25, 0.3) is 0 Å². The molecule has 0 aromatic heterocycles. The molecule has 0 aliphatic heterocycles.